The number of hydrogen-bond donors (Lipinski definition) is 1. The van der Waals surface area contributed by atoms with Gasteiger partial charge in [-0.2, -0.15) is 5.10 Å². The SMILES string of the molecule is CCNC(=NCCCn1nc2n(c1=O)CCCC2)N1CCC(OCCCOC)CC1.I. The van der Waals surface area contributed by atoms with E-state index < -0.39 is 0 Å². The summed E-state index contributed by atoms with van der Waals surface area (Å²) >= 11 is 0. The first-order valence-electron chi connectivity index (χ1n) is 11.5. The zero-order chi connectivity index (χ0) is 21.2. The Labute approximate surface area is 202 Å². The maximum atomic E-state index is 12.4. The summed E-state index contributed by atoms with van der Waals surface area (Å²) in [6, 6.07) is 0. The van der Waals surface area contributed by atoms with E-state index in [0.717, 1.165) is 96.1 Å². The van der Waals surface area contributed by atoms with Gasteiger partial charge in [0.25, 0.3) is 0 Å². The van der Waals surface area contributed by atoms with Crippen LogP contribution in [0, 0.1) is 0 Å². The Morgan fingerprint density at radius 2 is 2.00 bits per heavy atom. The molecular weight excluding hydrogens is 511 g/mol. The average Bonchev–Trinajstić information content (AvgIpc) is 3.10. The number of halogens is 1. The molecule has 3 heterocycles. The number of rotatable bonds is 10. The number of hydrogen-bond acceptors (Lipinski definition) is 5. The van der Waals surface area contributed by atoms with Crippen LogP contribution in [0.25, 0.3) is 0 Å². The predicted octanol–water partition coefficient (Wildman–Crippen LogP) is 1.87. The fourth-order valence-electron chi connectivity index (χ4n) is 4.11. The number of aliphatic imine (C=N–C) groups is 1. The second-order valence-corrected chi connectivity index (χ2v) is 8.02. The average molecular weight is 550 g/mol. The molecule has 1 aromatic heterocycles. The zero-order valence-electron chi connectivity index (χ0n) is 19.1. The fraction of sp³-hybridized carbons (Fsp3) is 0.857. The number of aromatic nitrogens is 3. The van der Waals surface area contributed by atoms with E-state index >= 15 is 0 Å². The normalized spacial score (nSPS) is 17.4. The highest BCUT2D eigenvalue weighted by molar-refractivity contribution is 14.0. The van der Waals surface area contributed by atoms with Gasteiger partial charge in [-0.25, -0.2) is 9.48 Å². The zero-order valence-corrected chi connectivity index (χ0v) is 21.4. The Hall–Kier alpha value is -1.14. The van der Waals surface area contributed by atoms with Crippen molar-refractivity contribution in [3.05, 3.63) is 16.3 Å². The summed E-state index contributed by atoms with van der Waals surface area (Å²) in [5.74, 6) is 1.90. The predicted molar refractivity (Wildman–Crippen MR) is 132 cm³/mol. The molecule has 0 bridgehead atoms. The number of fused-ring (bicyclic) bond motifs is 1. The van der Waals surface area contributed by atoms with Crippen LogP contribution in [0.15, 0.2) is 9.79 Å². The molecule has 1 fully saturated rings. The smallest absolute Gasteiger partial charge is 0.345 e. The number of methoxy groups -OCH3 is 1. The summed E-state index contributed by atoms with van der Waals surface area (Å²) in [6.45, 7) is 8.48. The maximum Gasteiger partial charge on any atom is 0.345 e. The number of ether oxygens (including phenoxy) is 2. The first-order valence-corrected chi connectivity index (χ1v) is 11.5. The number of nitrogens with one attached hydrogen (secondary N) is 1. The molecule has 0 unspecified atom stereocenters. The van der Waals surface area contributed by atoms with Crippen molar-refractivity contribution in [2.24, 2.45) is 4.99 Å². The van der Waals surface area contributed by atoms with Crippen LogP contribution in [-0.2, 0) is 29.0 Å². The number of aryl methyl sites for hydroxylation is 2. The molecule has 0 radical (unpaired) electrons. The molecule has 1 N–H and O–H groups in total. The molecule has 0 aliphatic carbocycles. The molecular formula is C21H39IN6O3. The molecule has 2 aliphatic heterocycles. The monoisotopic (exact) mass is 550 g/mol. The highest BCUT2D eigenvalue weighted by Gasteiger charge is 2.22. The Morgan fingerprint density at radius 1 is 1.19 bits per heavy atom. The van der Waals surface area contributed by atoms with E-state index in [9.17, 15) is 4.79 Å². The first-order chi connectivity index (χ1) is 14.7. The molecule has 0 atom stereocenters. The van der Waals surface area contributed by atoms with Crippen LogP contribution >= 0.6 is 24.0 Å². The molecule has 1 aromatic rings. The summed E-state index contributed by atoms with van der Waals surface area (Å²) in [4.78, 5) is 19.5. The summed E-state index contributed by atoms with van der Waals surface area (Å²) in [5.41, 5.74) is 0.0353. The van der Waals surface area contributed by atoms with E-state index in [-0.39, 0.29) is 29.7 Å². The first kappa shape index (κ1) is 26.1. The van der Waals surface area contributed by atoms with Crippen molar-refractivity contribution in [1.82, 2.24) is 24.6 Å². The lowest BCUT2D eigenvalue weighted by Crippen LogP contribution is -2.47. The lowest BCUT2D eigenvalue weighted by molar-refractivity contribution is 0.00990. The van der Waals surface area contributed by atoms with E-state index in [1.165, 1.54) is 0 Å². The summed E-state index contributed by atoms with van der Waals surface area (Å²) in [5, 5.41) is 7.92. The fourth-order valence-corrected chi connectivity index (χ4v) is 4.11. The van der Waals surface area contributed by atoms with Crippen LogP contribution in [0.4, 0.5) is 0 Å². The van der Waals surface area contributed by atoms with E-state index in [1.54, 1.807) is 11.8 Å². The lowest BCUT2D eigenvalue weighted by Gasteiger charge is -2.34. The molecule has 10 heteroatoms. The van der Waals surface area contributed by atoms with Gasteiger partial charge in [0.1, 0.15) is 5.82 Å². The van der Waals surface area contributed by atoms with Gasteiger partial charge >= 0.3 is 5.69 Å². The standard InChI is InChI=1S/C21H38N6O3.HI/c1-3-22-20(25-14-9-18(10-15-25)30-17-7-16-29-2)23-11-6-13-27-21(28)26-12-5-4-8-19(26)24-27;/h18H,3-17H2,1-2H3,(H,22,23);1H. The lowest BCUT2D eigenvalue weighted by atomic mass is 10.1. The molecule has 178 valence electrons. The maximum absolute atomic E-state index is 12.4. The quantitative estimate of drug-likeness (QED) is 0.207. The molecule has 0 spiro atoms. The van der Waals surface area contributed by atoms with Gasteiger partial charge in [-0.1, -0.05) is 0 Å². The molecule has 9 nitrogen and oxygen atoms in total. The Balaban J connectivity index is 0.00000341. The van der Waals surface area contributed by atoms with E-state index in [1.807, 2.05) is 4.57 Å². The minimum absolute atomic E-state index is 0. The van der Waals surface area contributed by atoms with Crippen LogP contribution in [0.3, 0.4) is 0 Å². The van der Waals surface area contributed by atoms with Crippen molar-refractivity contribution in [2.75, 3.05) is 46.5 Å². The van der Waals surface area contributed by atoms with Gasteiger partial charge in [-0.05, 0) is 45.4 Å². The molecule has 31 heavy (non-hydrogen) atoms. The molecule has 0 saturated carbocycles. The van der Waals surface area contributed by atoms with Crippen molar-refractivity contribution in [1.29, 1.82) is 0 Å². The number of piperidine rings is 1. The number of guanidine groups is 1. The van der Waals surface area contributed by atoms with Crippen molar-refractivity contribution in [3.8, 4) is 0 Å². The van der Waals surface area contributed by atoms with Gasteiger partial charge in [-0.15, -0.1) is 24.0 Å². The molecule has 0 aromatic carbocycles. The van der Waals surface area contributed by atoms with Gasteiger partial charge in [0, 0.05) is 66.0 Å². The number of likely N-dealkylation sites (tertiary alicyclic amines) is 1. The molecule has 1 saturated heterocycles. The third-order valence-electron chi connectivity index (χ3n) is 5.74. The van der Waals surface area contributed by atoms with Gasteiger partial charge in [0.05, 0.1) is 6.10 Å². The van der Waals surface area contributed by atoms with Crippen LogP contribution in [0.1, 0.15) is 51.3 Å². The van der Waals surface area contributed by atoms with Crippen molar-refractivity contribution < 1.29 is 9.47 Å². The second-order valence-electron chi connectivity index (χ2n) is 8.02. The number of nitrogens with zero attached hydrogens (tertiary/aromatic N) is 5. The Bertz CT molecular complexity index is 727. The summed E-state index contributed by atoms with van der Waals surface area (Å²) in [7, 11) is 1.72. The third kappa shape index (κ3) is 7.74. The van der Waals surface area contributed by atoms with Gasteiger partial charge < -0.3 is 19.7 Å². The van der Waals surface area contributed by atoms with E-state index in [0.29, 0.717) is 19.2 Å². The van der Waals surface area contributed by atoms with Crippen molar-refractivity contribution in [3.63, 3.8) is 0 Å². The minimum atomic E-state index is 0. The van der Waals surface area contributed by atoms with Crippen LogP contribution in [-0.4, -0.2) is 77.8 Å². The van der Waals surface area contributed by atoms with Gasteiger partial charge in [-0.3, -0.25) is 9.56 Å². The Morgan fingerprint density at radius 3 is 2.71 bits per heavy atom. The van der Waals surface area contributed by atoms with Crippen LogP contribution < -0.4 is 11.0 Å². The second kappa shape index (κ2) is 14.1. The molecule has 2 aliphatic rings. The van der Waals surface area contributed by atoms with E-state index in [4.69, 9.17) is 14.5 Å². The van der Waals surface area contributed by atoms with Gasteiger partial charge in [0.2, 0.25) is 0 Å². The summed E-state index contributed by atoms with van der Waals surface area (Å²) in [6.07, 6.45) is 7.25. The minimum Gasteiger partial charge on any atom is -0.385 e. The van der Waals surface area contributed by atoms with E-state index in [2.05, 4.69) is 22.2 Å². The molecule has 3 rings (SSSR count). The highest BCUT2D eigenvalue weighted by atomic mass is 127. The van der Waals surface area contributed by atoms with Crippen LogP contribution in [0.2, 0.25) is 0 Å². The van der Waals surface area contributed by atoms with Crippen molar-refractivity contribution >= 4 is 29.9 Å². The third-order valence-corrected chi connectivity index (χ3v) is 5.74. The van der Waals surface area contributed by atoms with Crippen molar-refractivity contribution in [2.45, 2.75) is 71.1 Å². The highest BCUT2D eigenvalue weighted by Crippen LogP contribution is 2.14. The largest absolute Gasteiger partial charge is 0.385 e. The van der Waals surface area contributed by atoms with Gasteiger partial charge in [0.15, 0.2) is 5.96 Å². The Kier molecular flexibility index (Phi) is 11.9. The van der Waals surface area contributed by atoms with Crippen LogP contribution in [0.5, 0.6) is 0 Å². The summed E-state index contributed by atoms with van der Waals surface area (Å²) < 4.78 is 14.5. The topological polar surface area (TPSA) is 85.9 Å². The molecule has 0 amide bonds.